The fraction of sp³-hybridized carbons (Fsp3) is 0.500. The number of hydrogen-bond donors (Lipinski definition) is 0. The maximum Gasteiger partial charge on any atom is 1.00 e. The third kappa shape index (κ3) is 11.0. The van der Waals surface area contributed by atoms with Crippen molar-refractivity contribution in [2.75, 3.05) is 6.61 Å². The zero-order valence-corrected chi connectivity index (χ0v) is 17.5. The molecule has 25 heavy (non-hydrogen) atoms. The van der Waals surface area contributed by atoms with Gasteiger partial charge in [0, 0.05) is 0 Å². The van der Waals surface area contributed by atoms with Gasteiger partial charge in [-0.25, -0.2) is 35.4 Å². The minimum Gasteiger partial charge on any atom is -0.463 e. The van der Waals surface area contributed by atoms with E-state index < -0.39 is 12.1 Å². The molecule has 0 aliphatic heterocycles. The largest absolute Gasteiger partial charge is 1.00 e. The van der Waals surface area contributed by atoms with Gasteiger partial charge >= 0.3 is 65.1 Å². The molecule has 0 fully saturated rings. The Bertz CT molecular complexity index is 547. The van der Waals surface area contributed by atoms with E-state index in [0.717, 1.165) is 0 Å². The van der Waals surface area contributed by atoms with Gasteiger partial charge in [0.05, 0.1) is 6.61 Å². The molecule has 2 heterocycles. The van der Waals surface area contributed by atoms with Crippen LogP contribution in [0.15, 0.2) is 20.5 Å². The number of nitrogens with zero attached hydrogens (tertiary/aromatic N) is 12. The smallest absolute Gasteiger partial charge is 0.463 e. The second-order valence-electron chi connectivity index (χ2n) is 2.91. The predicted octanol–water partition coefficient (Wildman–Crippen LogP) is -9.74. The predicted molar refractivity (Wildman–Crippen MR) is 66.6 cm³/mol. The van der Waals surface area contributed by atoms with Crippen molar-refractivity contribution in [3.8, 4) is 0 Å². The molecule has 6 N–H and O–H groups in total. The summed E-state index contributed by atoms with van der Waals surface area (Å²) in [5.74, 6) is -1.01. The molecule has 0 saturated heterocycles. The third-order valence-electron chi connectivity index (χ3n) is 1.63. The Kier molecular flexibility index (Phi) is 22.0. The van der Waals surface area contributed by atoms with Gasteiger partial charge in [0.25, 0.3) is 6.17 Å². The summed E-state index contributed by atoms with van der Waals surface area (Å²) in [7, 11) is 0. The molecular weight excluding hydrogens is 366 g/mol. The number of azo groups is 2. The Labute approximate surface area is 183 Å². The van der Waals surface area contributed by atoms with Crippen molar-refractivity contribution in [3.05, 3.63) is 0 Å². The van der Waals surface area contributed by atoms with Crippen molar-refractivity contribution >= 4 is 17.9 Å². The molecule has 0 amide bonds. The SMILES string of the molecule is CCOC(=O)C(/N=N/c1nnn[n-]1)/N=N/c1nnn[n-]1.O.O.O.[Na+].[Na+]. The van der Waals surface area contributed by atoms with Crippen LogP contribution in [0.4, 0.5) is 11.9 Å². The molecule has 0 spiro atoms. The quantitative estimate of drug-likeness (QED) is 0.260. The molecule has 2 aromatic rings. The molecule has 0 bridgehead atoms. The summed E-state index contributed by atoms with van der Waals surface area (Å²) >= 11 is 0. The van der Waals surface area contributed by atoms with Crippen molar-refractivity contribution in [2.45, 2.75) is 13.1 Å². The number of hydrogen-bond acceptors (Lipinski definition) is 12. The molecule has 19 heteroatoms. The van der Waals surface area contributed by atoms with Crippen molar-refractivity contribution in [3.63, 3.8) is 0 Å². The van der Waals surface area contributed by atoms with Crippen molar-refractivity contribution in [1.29, 1.82) is 0 Å². The van der Waals surface area contributed by atoms with Gasteiger partial charge in [0.1, 0.15) is 11.9 Å². The topological polar surface area (TPSA) is 276 Å². The van der Waals surface area contributed by atoms with Crippen molar-refractivity contribution in [1.82, 2.24) is 41.2 Å². The number of esters is 1. The summed E-state index contributed by atoms with van der Waals surface area (Å²) in [6.07, 6.45) is -1.35. The monoisotopic (exact) mass is 378 g/mol. The molecule has 0 aromatic carbocycles. The maximum atomic E-state index is 11.6. The van der Waals surface area contributed by atoms with E-state index in [1.54, 1.807) is 6.92 Å². The van der Waals surface area contributed by atoms with Crippen LogP contribution in [0, 0.1) is 0 Å². The Morgan fingerprint density at radius 2 is 1.44 bits per heavy atom. The second kappa shape index (κ2) is 17.5. The fourth-order valence-corrected chi connectivity index (χ4v) is 0.907. The third-order valence-corrected chi connectivity index (χ3v) is 1.63. The average Bonchev–Trinajstić information content (AvgIpc) is 3.12. The molecule has 2 rings (SSSR count). The molecule has 128 valence electrons. The summed E-state index contributed by atoms with van der Waals surface area (Å²) in [5.41, 5.74) is 0. The molecular formula is C6H12N12Na2O5. The zero-order chi connectivity index (χ0) is 14.2. The first-order valence-electron chi connectivity index (χ1n) is 5.15. The molecule has 0 aliphatic rings. The molecule has 0 atom stereocenters. The molecule has 0 aliphatic carbocycles. The van der Waals surface area contributed by atoms with Crippen molar-refractivity contribution < 1.29 is 85.1 Å². The number of ether oxygens (including phenoxy) is 1. The fourth-order valence-electron chi connectivity index (χ4n) is 0.907. The molecule has 17 nitrogen and oxygen atoms in total. The minimum atomic E-state index is -1.35. The average molecular weight is 378 g/mol. The summed E-state index contributed by atoms with van der Waals surface area (Å²) in [5, 5.41) is 40.6. The summed E-state index contributed by atoms with van der Waals surface area (Å²) < 4.78 is 4.75. The van der Waals surface area contributed by atoms with Gasteiger partial charge in [-0.2, -0.15) is 10.4 Å². The molecule has 0 radical (unpaired) electrons. The first kappa shape index (κ1) is 31.5. The van der Waals surface area contributed by atoms with E-state index in [0.29, 0.717) is 0 Å². The number of carbonyl (C=O) groups excluding carboxylic acids is 1. The Morgan fingerprint density at radius 1 is 1.00 bits per heavy atom. The first-order valence-corrected chi connectivity index (χ1v) is 5.15. The number of rotatable bonds is 6. The van der Waals surface area contributed by atoms with Crippen LogP contribution in [-0.4, -0.2) is 66.2 Å². The van der Waals surface area contributed by atoms with E-state index in [4.69, 9.17) is 4.74 Å². The van der Waals surface area contributed by atoms with Crippen LogP contribution in [0.5, 0.6) is 0 Å². The van der Waals surface area contributed by atoms with Gasteiger partial charge in [-0.05, 0) is 6.92 Å². The van der Waals surface area contributed by atoms with Gasteiger partial charge in [-0.15, -0.1) is 10.4 Å². The Hall–Kier alpha value is -1.31. The van der Waals surface area contributed by atoms with Gasteiger partial charge in [-0.3, -0.25) is 10.2 Å². The second-order valence-corrected chi connectivity index (χ2v) is 2.91. The standard InChI is InChI=1S/C6H6N12O2.2Na.3H2O/c1-2-20-4(19)3(7-9-5-11-15-16-12-5)8-10-6-13-17-18-14-6;;;;;/h3H,2H2,1H3;;;3*1H2/q-2;2*+1;;;. The Balaban J connectivity index is -0.000000441. The van der Waals surface area contributed by atoms with E-state index >= 15 is 0 Å². The number of aromatic nitrogens is 8. The number of tetrazole rings is 2. The molecule has 0 unspecified atom stereocenters. The molecule has 0 saturated carbocycles. The van der Waals surface area contributed by atoms with E-state index in [1.165, 1.54) is 0 Å². The summed E-state index contributed by atoms with van der Waals surface area (Å²) in [6.45, 7) is 1.78. The minimum absolute atomic E-state index is 0. The Morgan fingerprint density at radius 3 is 1.76 bits per heavy atom. The van der Waals surface area contributed by atoms with Gasteiger partial charge in [-0.1, -0.05) is 0 Å². The van der Waals surface area contributed by atoms with E-state index in [9.17, 15) is 4.79 Å². The maximum absolute atomic E-state index is 11.6. The first-order chi connectivity index (χ1) is 9.79. The van der Waals surface area contributed by atoms with Crippen LogP contribution < -0.4 is 69.3 Å². The van der Waals surface area contributed by atoms with Crippen LogP contribution in [0.2, 0.25) is 0 Å². The van der Waals surface area contributed by atoms with E-state index in [2.05, 4.69) is 61.7 Å². The van der Waals surface area contributed by atoms with E-state index in [-0.39, 0.29) is 94.0 Å². The normalized spacial score (nSPS) is 9.36. The zero-order valence-electron chi connectivity index (χ0n) is 13.5. The summed E-state index contributed by atoms with van der Waals surface area (Å²) in [4.78, 5) is 11.6. The van der Waals surface area contributed by atoms with Crippen LogP contribution in [-0.2, 0) is 9.53 Å². The van der Waals surface area contributed by atoms with Gasteiger partial charge in [0.2, 0.25) is 0 Å². The van der Waals surface area contributed by atoms with Gasteiger partial charge in [0.15, 0.2) is 0 Å². The summed E-state index contributed by atoms with van der Waals surface area (Å²) in [6, 6.07) is 0. The van der Waals surface area contributed by atoms with Crippen LogP contribution >= 0.6 is 0 Å². The van der Waals surface area contributed by atoms with Crippen molar-refractivity contribution in [2.24, 2.45) is 20.5 Å². The van der Waals surface area contributed by atoms with Crippen LogP contribution in [0.3, 0.4) is 0 Å². The van der Waals surface area contributed by atoms with Crippen LogP contribution in [0.1, 0.15) is 6.92 Å². The van der Waals surface area contributed by atoms with E-state index in [1.807, 2.05) is 0 Å². The van der Waals surface area contributed by atoms with Crippen LogP contribution in [0.25, 0.3) is 0 Å². The molecule has 2 aromatic heterocycles. The number of carbonyl (C=O) groups is 1. The van der Waals surface area contributed by atoms with Gasteiger partial charge < -0.3 is 21.2 Å².